The van der Waals surface area contributed by atoms with Gasteiger partial charge in [0.2, 0.25) is 5.91 Å². The Hall–Kier alpha value is -3.46. The third-order valence-corrected chi connectivity index (χ3v) is 5.09. The molecule has 29 heavy (non-hydrogen) atoms. The van der Waals surface area contributed by atoms with E-state index >= 15 is 0 Å². The zero-order valence-electron chi connectivity index (χ0n) is 15.9. The van der Waals surface area contributed by atoms with Gasteiger partial charge in [0.1, 0.15) is 5.76 Å². The van der Waals surface area contributed by atoms with Crippen LogP contribution in [0.1, 0.15) is 11.3 Å². The van der Waals surface area contributed by atoms with Crippen molar-refractivity contribution >= 4 is 23.5 Å². The van der Waals surface area contributed by atoms with E-state index in [9.17, 15) is 4.79 Å². The van der Waals surface area contributed by atoms with Crippen LogP contribution in [0, 0.1) is 13.8 Å². The van der Waals surface area contributed by atoms with Gasteiger partial charge in [0, 0.05) is 24.0 Å². The number of aryl methyl sites for hydroxylation is 2. The molecule has 146 valence electrons. The van der Waals surface area contributed by atoms with Crippen molar-refractivity contribution in [2.45, 2.75) is 19.0 Å². The highest BCUT2D eigenvalue weighted by Crippen LogP contribution is 2.29. The minimum Gasteiger partial charge on any atom is -0.360 e. The van der Waals surface area contributed by atoms with Gasteiger partial charge in [0.05, 0.1) is 11.4 Å². The van der Waals surface area contributed by atoms with Crippen LogP contribution in [0.5, 0.6) is 0 Å². The van der Waals surface area contributed by atoms with Crippen molar-refractivity contribution in [1.29, 1.82) is 0 Å². The fraction of sp³-hybridized carbons (Fsp3) is 0.150. The van der Waals surface area contributed by atoms with Crippen LogP contribution in [0.4, 0.5) is 5.82 Å². The lowest BCUT2D eigenvalue weighted by Gasteiger charge is -2.12. The molecule has 0 bridgehead atoms. The molecule has 0 aliphatic heterocycles. The van der Waals surface area contributed by atoms with Crippen molar-refractivity contribution in [2.24, 2.45) is 0 Å². The van der Waals surface area contributed by atoms with E-state index in [1.807, 2.05) is 47.9 Å². The van der Waals surface area contributed by atoms with Crippen molar-refractivity contribution < 1.29 is 9.32 Å². The molecule has 0 saturated heterocycles. The number of nitrogens with one attached hydrogen (secondary N) is 1. The van der Waals surface area contributed by atoms with Gasteiger partial charge in [-0.1, -0.05) is 35.1 Å². The van der Waals surface area contributed by atoms with Crippen molar-refractivity contribution in [3.63, 3.8) is 0 Å². The van der Waals surface area contributed by atoms with E-state index in [0.717, 1.165) is 16.8 Å². The second-order valence-corrected chi connectivity index (χ2v) is 7.27. The molecule has 4 rings (SSSR count). The van der Waals surface area contributed by atoms with Crippen molar-refractivity contribution in [3.8, 4) is 17.1 Å². The number of amides is 1. The van der Waals surface area contributed by atoms with Crippen molar-refractivity contribution in [1.82, 2.24) is 24.9 Å². The third kappa shape index (κ3) is 4.19. The molecule has 1 N–H and O–H groups in total. The van der Waals surface area contributed by atoms with Gasteiger partial charge >= 0.3 is 0 Å². The number of rotatable bonds is 6. The van der Waals surface area contributed by atoms with Crippen LogP contribution < -0.4 is 5.32 Å². The van der Waals surface area contributed by atoms with Gasteiger partial charge in [-0.15, -0.1) is 10.2 Å². The third-order valence-electron chi connectivity index (χ3n) is 4.16. The number of hydrogen-bond acceptors (Lipinski definition) is 7. The molecule has 0 aliphatic rings. The minimum atomic E-state index is -0.201. The summed E-state index contributed by atoms with van der Waals surface area (Å²) in [5.74, 6) is 1.68. The summed E-state index contributed by atoms with van der Waals surface area (Å²) >= 11 is 1.30. The van der Waals surface area contributed by atoms with Gasteiger partial charge in [-0.25, -0.2) is 0 Å². The molecule has 1 aromatic carbocycles. The highest BCUT2D eigenvalue weighted by molar-refractivity contribution is 7.99. The summed E-state index contributed by atoms with van der Waals surface area (Å²) in [6.45, 7) is 3.79. The number of hydrogen-bond donors (Lipinski definition) is 1. The zero-order valence-corrected chi connectivity index (χ0v) is 16.7. The maximum atomic E-state index is 12.3. The lowest BCUT2D eigenvalue weighted by atomic mass is 10.2. The predicted molar refractivity (Wildman–Crippen MR) is 110 cm³/mol. The van der Waals surface area contributed by atoms with Crippen LogP contribution in [0.3, 0.4) is 0 Å². The molecular formula is C20H18N6O2S. The number of benzene rings is 1. The molecule has 0 saturated carbocycles. The topological polar surface area (TPSA) is 98.7 Å². The first kappa shape index (κ1) is 18.9. The summed E-state index contributed by atoms with van der Waals surface area (Å²) in [6.07, 6.45) is 3.43. The Morgan fingerprint density at radius 3 is 2.66 bits per heavy atom. The molecule has 0 unspecified atom stereocenters. The largest absolute Gasteiger partial charge is 0.360 e. The summed E-state index contributed by atoms with van der Waals surface area (Å²) < 4.78 is 6.93. The molecule has 0 fully saturated rings. The van der Waals surface area contributed by atoms with Crippen LogP contribution in [-0.4, -0.2) is 36.6 Å². The second kappa shape index (κ2) is 8.27. The summed E-state index contributed by atoms with van der Waals surface area (Å²) in [5.41, 5.74) is 2.93. The summed E-state index contributed by atoms with van der Waals surface area (Å²) in [7, 11) is 0. The Kier molecular flexibility index (Phi) is 5.39. The standard InChI is InChI=1S/C20H18N6O2S/c1-13-5-3-4-6-16(13)26-19(15-7-9-21-10-8-15)23-24-20(26)29-12-18(27)22-17-11-14(2)28-25-17/h3-11H,12H2,1-2H3,(H,22,25,27). The minimum absolute atomic E-state index is 0.159. The number of nitrogens with zero attached hydrogens (tertiary/aromatic N) is 5. The predicted octanol–water partition coefficient (Wildman–Crippen LogP) is 3.66. The molecule has 1 amide bonds. The van der Waals surface area contributed by atoms with E-state index in [1.165, 1.54) is 11.8 Å². The van der Waals surface area contributed by atoms with E-state index in [0.29, 0.717) is 22.6 Å². The molecule has 0 atom stereocenters. The molecule has 0 spiro atoms. The number of carbonyl (C=O) groups excluding carboxylic acids is 1. The Bertz CT molecular complexity index is 1140. The fourth-order valence-corrected chi connectivity index (χ4v) is 3.56. The van der Waals surface area contributed by atoms with Gasteiger partial charge in [-0.2, -0.15) is 0 Å². The Labute approximate surface area is 171 Å². The Morgan fingerprint density at radius 1 is 1.14 bits per heavy atom. The monoisotopic (exact) mass is 406 g/mol. The molecule has 3 aromatic heterocycles. The molecule has 4 aromatic rings. The van der Waals surface area contributed by atoms with E-state index in [1.54, 1.807) is 25.4 Å². The smallest absolute Gasteiger partial charge is 0.236 e. The summed E-state index contributed by atoms with van der Waals surface area (Å²) in [5, 5.41) is 15.8. The number of aromatic nitrogens is 5. The Balaban J connectivity index is 1.62. The first-order chi connectivity index (χ1) is 14.1. The van der Waals surface area contributed by atoms with Gasteiger partial charge in [-0.05, 0) is 37.6 Å². The average Bonchev–Trinajstić information content (AvgIpc) is 3.33. The molecule has 9 heteroatoms. The lowest BCUT2D eigenvalue weighted by Crippen LogP contribution is -2.14. The van der Waals surface area contributed by atoms with Gasteiger partial charge in [-0.3, -0.25) is 14.3 Å². The van der Waals surface area contributed by atoms with Gasteiger partial charge < -0.3 is 9.84 Å². The van der Waals surface area contributed by atoms with E-state index in [-0.39, 0.29) is 11.7 Å². The van der Waals surface area contributed by atoms with Crippen LogP contribution >= 0.6 is 11.8 Å². The van der Waals surface area contributed by atoms with Gasteiger partial charge in [0.25, 0.3) is 0 Å². The Morgan fingerprint density at radius 2 is 1.93 bits per heavy atom. The fourth-order valence-electron chi connectivity index (χ4n) is 2.82. The molecule has 3 heterocycles. The normalized spacial score (nSPS) is 10.8. The van der Waals surface area contributed by atoms with Crippen molar-refractivity contribution in [3.05, 3.63) is 66.2 Å². The number of anilines is 1. The first-order valence-corrected chi connectivity index (χ1v) is 9.88. The highest BCUT2D eigenvalue weighted by Gasteiger charge is 2.18. The maximum absolute atomic E-state index is 12.3. The number of carbonyl (C=O) groups is 1. The molecule has 0 radical (unpaired) electrons. The quantitative estimate of drug-likeness (QED) is 0.488. The number of para-hydroxylation sites is 1. The summed E-state index contributed by atoms with van der Waals surface area (Å²) in [4.78, 5) is 16.4. The molecule has 0 aliphatic carbocycles. The van der Waals surface area contributed by atoms with Crippen LogP contribution in [-0.2, 0) is 4.79 Å². The summed E-state index contributed by atoms with van der Waals surface area (Å²) in [6, 6.07) is 13.4. The molecule has 8 nitrogen and oxygen atoms in total. The highest BCUT2D eigenvalue weighted by atomic mass is 32.2. The van der Waals surface area contributed by atoms with Crippen LogP contribution in [0.2, 0.25) is 0 Å². The van der Waals surface area contributed by atoms with Gasteiger partial charge in [0.15, 0.2) is 16.8 Å². The maximum Gasteiger partial charge on any atom is 0.236 e. The second-order valence-electron chi connectivity index (χ2n) is 6.32. The van der Waals surface area contributed by atoms with E-state index in [4.69, 9.17) is 4.52 Å². The van der Waals surface area contributed by atoms with Crippen LogP contribution in [0.25, 0.3) is 17.1 Å². The number of thioether (sulfide) groups is 1. The lowest BCUT2D eigenvalue weighted by molar-refractivity contribution is -0.113. The van der Waals surface area contributed by atoms with Crippen molar-refractivity contribution in [2.75, 3.05) is 11.1 Å². The molecular weight excluding hydrogens is 388 g/mol. The van der Waals surface area contributed by atoms with E-state index in [2.05, 4.69) is 25.7 Å². The van der Waals surface area contributed by atoms with Crippen LogP contribution in [0.15, 0.2) is 64.5 Å². The SMILES string of the molecule is Cc1cc(NC(=O)CSc2nnc(-c3ccncc3)n2-c2ccccc2C)no1. The number of pyridine rings is 1. The zero-order chi connectivity index (χ0) is 20.2. The van der Waals surface area contributed by atoms with E-state index < -0.39 is 0 Å². The first-order valence-electron chi connectivity index (χ1n) is 8.89. The average molecular weight is 406 g/mol.